The largest absolute Gasteiger partial charge is 0.504 e. The topological polar surface area (TPSA) is 46.5 Å². The lowest BCUT2D eigenvalue weighted by Crippen LogP contribution is -2.25. The van der Waals surface area contributed by atoms with E-state index in [1.807, 2.05) is 6.07 Å². The second-order valence-corrected chi connectivity index (χ2v) is 5.68. The van der Waals surface area contributed by atoms with Gasteiger partial charge in [0, 0.05) is 0 Å². The quantitative estimate of drug-likeness (QED) is 0.654. The van der Waals surface area contributed by atoms with Gasteiger partial charge < -0.3 is 9.84 Å². The summed E-state index contributed by atoms with van der Waals surface area (Å²) in [6.45, 7) is 9.54. The van der Waals surface area contributed by atoms with Crippen molar-refractivity contribution < 1.29 is 14.6 Å². The zero-order valence-corrected chi connectivity index (χ0v) is 11.8. The van der Waals surface area contributed by atoms with Crippen LogP contribution in [0.4, 0.5) is 0 Å². The van der Waals surface area contributed by atoms with Crippen molar-refractivity contribution in [3.8, 4) is 11.5 Å². The van der Waals surface area contributed by atoms with Crippen molar-refractivity contribution in [3.05, 3.63) is 23.8 Å². The first-order valence-electron chi connectivity index (χ1n) is 6.31. The van der Waals surface area contributed by atoms with Crippen LogP contribution in [0.15, 0.2) is 18.2 Å². The number of hydrogen-bond acceptors (Lipinski definition) is 3. The first-order valence-corrected chi connectivity index (χ1v) is 6.31. The van der Waals surface area contributed by atoms with Crippen LogP contribution < -0.4 is 4.74 Å². The maximum atomic E-state index is 11.8. The van der Waals surface area contributed by atoms with Gasteiger partial charge >= 0.3 is 5.97 Å². The van der Waals surface area contributed by atoms with E-state index in [9.17, 15) is 9.90 Å². The molecule has 100 valence electrons. The van der Waals surface area contributed by atoms with E-state index in [2.05, 4.69) is 13.8 Å². The third-order valence-electron chi connectivity index (χ3n) is 2.98. The first-order chi connectivity index (χ1) is 8.25. The summed E-state index contributed by atoms with van der Waals surface area (Å²) < 4.78 is 5.26. The van der Waals surface area contributed by atoms with E-state index in [1.165, 1.54) is 0 Å². The third kappa shape index (κ3) is 3.49. The zero-order valence-electron chi connectivity index (χ0n) is 11.8. The summed E-state index contributed by atoms with van der Waals surface area (Å²) in [6, 6.07) is 5.18. The fourth-order valence-corrected chi connectivity index (χ4v) is 1.41. The van der Waals surface area contributed by atoms with Crippen LogP contribution in [0.25, 0.3) is 0 Å². The number of carbonyl (C=O) groups is 1. The van der Waals surface area contributed by atoms with Crippen LogP contribution in [0.2, 0.25) is 0 Å². The Balaban J connectivity index is 2.98. The smallest absolute Gasteiger partial charge is 0.316 e. The lowest BCUT2D eigenvalue weighted by Gasteiger charge is -2.18. The van der Waals surface area contributed by atoms with Gasteiger partial charge in [-0.3, -0.25) is 4.79 Å². The van der Waals surface area contributed by atoms with E-state index in [4.69, 9.17) is 4.74 Å². The predicted octanol–water partition coefficient (Wildman–Crippen LogP) is 3.86. The van der Waals surface area contributed by atoms with Crippen molar-refractivity contribution >= 4 is 5.97 Å². The van der Waals surface area contributed by atoms with E-state index in [0.717, 1.165) is 12.0 Å². The first kappa shape index (κ1) is 14.6. The van der Waals surface area contributed by atoms with Gasteiger partial charge in [-0.25, -0.2) is 0 Å². The minimum Gasteiger partial charge on any atom is -0.504 e. The van der Waals surface area contributed by atoms with Crippen LogP contribution in [-0.4, -0.2) is 11.1 Å². The molecule has 1 N–H and O–H groups in total. The summed E-state index contributed by atoms with van der Waals surface area (Å²) in [5.74, 6) is 0.268. The van der Waals surface area contributed by atoms with E-state index < -0.39 is 5.41 Å². The molecule has 0 heterocycles. The highest BCUT2D eigenvalue weighted by Crippen LogP contribution is 2.32. The highest BCUT2D eigenvalue weighted by atomic mass is 16.5. The van der Waals surface area contributed by atoms with Crippen molar-refractivity contribution in [1.29, 1.82) is 0 Å². The average Bonchev–Trinajstić information content (AvgIpc) is 2.29. The Morgan fingerprint density at radius 2 is 2.00 bits per heavy atom. The van der Waals surface area contributed by atoms with E-state index >= 15 is 0 Å². The molecule has 1 unspecified atom stereocenters. The second kappa shape index (κ2) is 5.42. The molecule has 1 atom stereocenters. The minimum atomic E-state index is -0.585. The summed E-state index contributed by atoms with van der Waals surface area (Å²) >= 11 is 0. The molecular weight excluding hydrogens is 228 g/mol. The van der Waals surface area contributed by atoms with Crippen LogP contribution in [-0.2, 0) is 4.79 Å². The maximum Gasteiger partial charge on any atom is 0.316 e. The molecule has 0 saturated carbocycles. The fraction of sp³-hybridized carbons (Fsp3) is 0.533. The van der Waals surface area contributed by atoms with E-state index in [-0.39, 0.29) is 17.5 Å². The number of phenolic OH excluding ortho intramolecular Hbond substituents is 1. The summed E-state index contributed by atoms with van der Waals surface area (Å²) in [4.78, 5) is 11.8. The molecule has 0 bridgehead atoms. The summed E-state index contributed by atoms with van der Waals surface area (Å²) in [6.07, 6.45) is 0.997. The summed E-state index contributed by atoms with van der Waals surface area (Å²) in [7, 11) is 0. The van der Waals surface area contributed by atoms with E-state index in [0.29, 0.717) is 5.92 Å². The molecule has 0 amide bonds. The van der Waals surface area contributed by atoms with Gasteiger partial charge in [0.05, 0.1) is 5.41 Å². The molecule has 1 aromatic rings. The highest BCUT2D eigenvalue weighted by Gasteiger charge is 2.25. The normalized spacial score (nSPS) is 13.2. The Morgan fingerprint density at radius 3 is 2.50 bits per heavy atom. The van der Waals surface area contributed by atoms with Crippen molar-refractivity contribution in [3.63, 3.8) is 0 Å². The molecule has 1 rings (SSSR count). The molecule has 3 heteroatoms. The average molecular weight is 250 g/mol. The molecule has 0 spiro atoms. The van der Waals surface area contributed by atoms with Crippen molar-refractivity contribution in [2.45, 2.75) is 47.0 Å². The molecule has 18 heavy (non-hydrogen) atoms. The molecule has 0 aliphatic heterocycles. The summed E-state index contributed by atoms with van der Waals surface area (Å²) in [5.41, 5.74) is 0.478. The number of benzene rings is 1. The van der Waals surface area contributed by atoms with E-state index in [1.54, 1.807) is 32.9 Å². The number of ether oxygens (including phenoxy) is 1. The standard InChI is InChI=1S/C15H22O3/c1-6-10(2)11-7-8-12(16)13(9-11)18-14(17)15(3,4)5/h7-10,16H,6H2,1-5H3. The molecule has 0 fully saturated rings. The lowest BCUT2D eigenvalue weighted by atomic mass is 9.97. The molecule has 1 aromatic carbocycles. The molecule has 0 saturated heterocycles. The minimum absolute atomic E-state index is 0.000321. The second-order valence-electron chi connectivity index (χ2n) is 5.68. The lowest BCUT2D eigenvalue weighted by molar-refractivity contribution is -0.143. The molecule has 0 aromatic heterocycles. The maximum absolute atomic E-state index is 11.8. The Labute approximate surface area is 109 Å². The van der Waals surface area contributed by atoms with Crippen LogP contribution in [0, 0.1) is 5.41 Å². The van der Waals surface area contributed by atoms with Crippen LogP contribution in [0.5, 0.6) is 11.5 Å². The Kier molecular flexibility index (Phi) is 4.38. The van der Waals surface area contributed by atoms with Gasteiger partial charge in [-0.05, 0) is 50.8 Å². The highest BCUT2D eigenvalue weighted by molar-refractivity contribution is 5.78. The Hall–Kier alpha value is -1.51. The van der Waals surface area contributed by atoms with Gasteiger partial charge in [-0.15, -0.1) is 0 Å². The van der Waals surface area contributed by atoms with Gasteiger partial charge in [0.2, 0.25) is 0 Å². The molecule has 0 aliphatic carbocycles. The monoisotopic (exact) mass is 250 g/mol. The van der Waals surface area contributed by atoms with Crippen molar-refractivity contribution in [1.82, 2.24) is 0 Å². The van der Waals surface area contributed by atoms with Crippen LogP contribution >= 0.6 is 0 Å². The number of hydrogen-bond donors (Lipinski definition) is 1. The molecule has 0 aliphatic rings. The van der Waals surface area contributed by atoms with Gasteiger partial charge in [0.1, 0.15) is 0 Å². The molecule has 0 radical (unpaired) electrons. The predicted molar refractivity (Wildman–Crippen MR) is 71.9 cm³/mol. The van der Waals surface area contributed by atoms with Crippen molar-refractivity contribution in [2.75, 3.05) is 0 Å². The number of phenols is 1. The third-order valence-corrected chi connectivity index (χ3v) is 2.98. The number of carbonyl (C=O) groups excluding carboxylic acids is 1. The number of rotatable bonds is 3. The Bertz CT molecular complexity index is 430. The SMILES string of the molecule is CCC(C)c1ccc(O)c(OC(=O)C(C)(C)C)c1. The Morgan fingerprint density at radius 1 is 1.39 bits per heavy atom. The molecular formula is C15H22O3. The summed E-state index contributed by atoms with van der Waals surface area (Å²) in [5, 5.41) is 9.73. The number of esters is 1. The van der Waals surface area contributed by atoms with Crippen LogP contribution in [0.3, 0.4) is 0 Å². The van der Waals surface area contributed by atoms with Gasteiger partial charge in [0.25, 0.3) is 0 Å². The van der Waals surface area contributed by atoms with Gasteiger partial charge in [-0.2, -0.15) is 0 Å². The van der Waals surface area contributed by atoms with Gasteiger partial charge in [-0.1, -0.05) is 19.9 Å². The zero-order chi connectivity index (χ0) is 13.9. The van der Waals surface area contributed by atoms with Gasteiger partial charge in [0.15, 0.2) is 11.5 Å². The van der Waals surface area contributed by atoms with Crippen molar-refractivity contribution in [2.24, 2.45) is 5.41 Å². The molecule has 3 nitrogen and oxygen atoms in total. The fourth-order valence-electron chi connectivity index (χ4n) is 1.41. The van der Waals surface area contributed by atoms with Crippen LogP contribution in [0.1, 0.15) is 52.5 Å². The number of aromatic hydroxyl groups is 1.